The third-order valence-corrected chi connectivity index (χ3v) is 5.00. The van der Waals surface area contributed by atoms with E-state index in [4.69, 9.17) is 13.8 Å². The Morgan fingerprint density at radius 3 is 2.75 bits per heavy atom. The van der Waals surface area contributed by atoms with Crippen LogP contribution in [0.2, 0.25) is 0 Å². The predicted octanol–water partition coefficient (Wildman–Crippen LogP) is 2.92. The molecule has 0 fully saturated rings. The highest BCUT2D eigenvalue weighted by atomic mass is 31.2. The molecule has 0 bridgehead atoms. The topological polar surface area (TPSA) is 44.8 Å². The van der Waals surface area contributed by atoms with Gasteiger partial charge in [0.1, 0.15) is 6.10 Å². The number of ether oxygens (including phenoxy) is 1. The standard InChI is InChI=1S/C11H17O4P/c1-8-7-11(16(12,13-2)14-3)15-10-6-4-5-9(8)10/h4,6-10H,5H2,1-3H3/t8-,9-,10-/m0/s1. The molecular weight excluding hydrogens is 227 g/mol. The van der Waals surface area contributed by atoms with Crippen LogP contribution in [0.25, 0.3) is 0 Å². The van der Waals surface area contributed by atoms with Crippen LogP contribution in [0.1, 0.15) is 13.3 Å². The van der Waals surface area contributed by atoms with Gasteiger partial charge in [0.2, 0.25) is 5.50 Å². The first-order chi connectivity index (χ1) is 7.60. The second-order valence-electron chi connectivity index (χ2n) is 4.14. The summed E-state index contributed by atoms with van der Waals surface area (Å²) in [5, 5.41) is 0. The molecule has 0 spiro atoms. The molecule has 0 N–H and O–H groups in total. The Morgan fingerprint density at radius 2 is 2.12 bits per heavy atom. The molecule has 2 rings (SSSR count). The van der Waals surface area contributed by atoms with Gasteiger partial charge in [-0.1, -0.05) is 13.0 Å². The van der Waals surface area contributed by atoms with Crippen molar-refractivity contribution < 1.29 is 18.3 Å². The van der Waals surface area contributed by atoms with Gasteiger partial charge in [-0.05, 0) is 24.5 Å². The Hall–Kier alpha value is -0.570. The van der Waals surface area contributed by atoms with Gasteiger partial charge in [0.05, 0.1) is 0 Å². The minimum atomic E-state index is -3.24. The third-order valence-electron chi connectivity index (χ3n) is 3.24. The van der Waals surface area contributed by atoms with E-state index in [1.165, 1.54) is 14.2 Å². The zero-order valence-corrected chi connectivity index (χ0v) is 10.6. The van der Waals surface area contributed by atoms with Crippen molar-refractivity contribution in [2.75, 3.05) is 14.2 Å². The summed E-state index contributed by atoms with van der Waals surface area (Å²) in [4.78, 5) is 0. The molecule has 16 heavy (non-hydrogen) atoms. The Kier molecular flexibility index (Phi) is 3.24. The number of hydrogen-bond donors (Lipinski definition) is 0. The van der Waals surface area contributed by atoms with Crippen molar-refractivity contribution in [3.63, 3.8) is 0 Å². The SMILES string of the molecule is COP(=O)(OC)C1=C[C@H](C)[C@@H]2CC=C[C@@H]2O1. The minimum Gasteiger partial charge on any atom is -0.478 e. The van der Waals surface area contributed by atoms with Crippen LogP contribution < -0.4 is 0 Å². The Balaban J connectivity index is 2.26. The maximum absolute atomic E-state index is 12.2. The van der Waals surface area contributed by atoms with E-state index in [0.717, 1.165) is 6.42 Å². The summed E-state index contributed by atoms with van der Waals surface area (Å²) in [6.45, 7) is 2.10. The Bertz CT molecular complexity index is 366. The van der Waals surface area contributed by atoms with Crippen LogP contribution in [0.3, 0.4) is 0 Å². The largest absolute Gasteiger partial charge is 0.478 e. The zero-order valence-electron chi connectivity index (χ0n) is 9.75. The predicted molar refractivity (Wildman–Crippen MR) is 61.0 cm³/mol. The molecule has 0 amide bonds. The highest BCUT2D eigenvalue weighted by molar-refractivity contribution is 7.58. The molecule has 0 unspecified atom stereocenters. The quantitative estimate of drug-likeness (QED) is 0.565. The van der Waals surface area contributed by atoms with Crippen molar-refractivity contribution in [3.05, 3.63) is 23.7 Å². The molecule has 0 aromatic carbocycles. The van der Waals surface area contributed by atoms with Gasteiger partial charge in [-0.15, -0.1) is 0 Å². The van der Waals surface area contributed by atoms with E-state index in [1.807, 2.05) is 12.2 Å². The fourth-order valence-corrected chi connectivity index (χ4v) is 3.40. The summed E-state index contributed by atoms with van der Waals surface area (Å²) in [6.07, 6.45) is 7.01. The van der Waals surface area contributed by atoms with E-state index < -0.39 is 7.60 Å². The van der Waals surface area contributed by atoms with Crippen LogP contribution >= 0.6 is 7.60 Å². The first kappa shape index (κ1) is 11.9. The summed E-state index contributed by atoms with van der Waals surface area (Å²) in [5.74, 6) is 0.772. The molecule has 0 saturated heterocycles. The summed E-state index contributed by atoms with van der Waals surface area (Å²) >= 11 is 0. The highest BCUT2D eigenvalue weighted by Gasteiger charge is 2.40. The molecule has 2 aliphatic rings. The van der Waals surface area contributed by atoms with Gasteiger partial charge in [-0.2, -0.15) is 0 Å². The molecule has 0 aromatic heterocycles. The Labute approximate surface area is 95.8 Å². The summed E-state index contributed by atoms with van der Waals surface area (Å²) in [5.41, 5.74) is 0.345. The molecule has 1 aliphatic carbocycles. The minimum absolute atomic E-state index is 0.00799. The normalized spacial score (nSPS) is 33.2. The molecular formula is C11H17O4P. The van der Waals surface area contributed by atoms with Crippen molar-refractivity contribution in [1.82, 2.24) is 0 Å². The summed E-state index contributed by atoms with van der Waals surface area (Å²) in [6, 6.07) is 0. The van der Waals surface area contributed by atoms with Crippen LogP contribution in [0.4, 0.5) is 0 Å². The van der Waals surface area contributed by atoms with E-state index in [2.05, 4.69) is 13.0 Å². The lowest BCUT2D eigenvalue weighted by molar-refractivity contribution is 0.0784. The second-order valence-corrected chi connectivity index (χ2v) is 6.30. The van der Waals surface area contributed by atoms with Crippen molar-refractivity contribution in [1.29, 1.82) is 0 Å². The lowest BCUT2D eigenvalue weighted by atomic mass is 9.89. The van der Waals surface area contributed by atoms with Gasteiger partial charge in [-0.25, -0.2) is 0 Å². The number of rotatable bonds is 3. The van der Waals surface area contributed by atoms with E-state index in [9.17, 15) is 4.57 Å². The van der Waals surface area contributed by atoms with Crippen LogP contribution in [0.5, 0.6) is 0 Å². The average molecular weight is 244 g/mol. The molecule has 1 aliphatic heterocycles. The molecule has 3 atom stereocenters. The van der Waals surface area contributed by atoms with E-state index in [-0.39, 0.29) is 6.10 Å². The molecule has 0 saturated carbocycles. The Morgan fingerprint density at radius 1 is 1.44 bits per heavy atom. The van der Waals surface area contributed by atoms with Gasteiger partial charge < -0.3 is 13.8 Å². The van der Waals surface area contributed by atoms with Crippen molar-refractivity contribution in [3.8, 4) is 0 Å². The zero-order chi connectivity index (χ0) is 11.8. The van der Waals surface area contributed by atoms with E-state index in [0.29, 0.717) is 17.3 Å². The first-order valence-corrected chi connectivity index (χ1v) is 6.92. The average Bonchev–Trinajstić information content (AvgIpc) is 2.76. The summed E-state index contributed by atoms with van der Waals surface area (Å²) in [7, 11) is -0.497. The van der Waals surface area contributed by atoms with Crippen molar-refractivity contribution in [2.24, 2.45) is 11.8 Å². The lowest BCUT2D eigenvalue weighted by Gasteiger charge is -2.32. The van der Waals surface area contributed by atoms with Crippen LogP contribution in [-0.2, 0) is 18.3 Å². The van der Waals surface area contributed by atoms with Gasteiger partial charge in [-0.3, -0.25) is 4.57 Å². The number of allylic oxidation sites excluding steroid dienone is 2. The van der Waals surface area contributed by atoms with E-state index in [1.54, 1.807) is 0 Å². The van der Waals surface area contributed by atoms with Crippen LogP contribution in [-0.4, -0.2) is 20.3 Å². The number of fused-ring (bicyclic) bond motifs is 1. The first-order valence-electron chi connectivity index (χ1n) is 5.38. The second kappa shape index (κ2) is 4.36. The number of hydrogen-bond acceptors (Lipinski definition) is 4. The summed E-state index contributed by atoms with van der Waals surface area (Å²) < 4.78 is 27.7. The lowest BCUT2D eigenvalue weighted by Crippen LogP contribution is -2.28. The van der Waals surface area contributed by atoms with Crippen LogP contribution in [0, 0.1) is 11.8 Å². The smallest absolute Gasteiger partial charge is 0.394 e. The third kappa shape index (κ3) is 1.86. The van der Waals surface area contributed by atoms with Crippen molar-refractivity contribution >= 4 is 7.60 Å². The fourth-order valence-electron chi connectivity index (χ4n) is 2.22. The molecule has 4 nitrogen and oxygen atoms in total. The van der Waals surface area contributed by atoms with Gasteiger partial charge in [0.15, 0.2) is 0 Å². The monoisotopic (exact) mass is 244 g/mol. The maximum atomic E-state index is 12.2. The van der Waals surface area contributed by atoms with E-state index >= 15 is 0 Å². The van der Waals surface area contributed by atoms with Crippen LogP contribution in [0.15, 0.2) is 23.7 Å². The maximum Gasteiger partial charge on any atom is 0.394 e. The molecule has 90 valence electrons. The molecule has 0 radical (unpaired) electrons. The molecule has 1 heterocycles. The van der Waals surface area contributed by atoms with Gasteiger partial charge in [0.25, 0.3) is 0 Å². The fraction of sp³-hybridized carbons (Fsp3) is 0.636. The van der Waals surface area contributed by atoms with Gasteiger partial charge in [0, 0.05) is 20.1 Å². The van der Waals surface area contributed by atoms with Crippen molar-refractivity contribution in [2.45, 2.75) is 19.4 Å². The highest BCUT2D eigenvalue weighted by Crippen LogP contribution is 2.58. The van der Waals surface area contributed by atoms with Gasteiger partial charge >= 0.3 is 7.60 Å². The molecule has 5 heteroatoms. The molecule has 0 aromatic rings.